The second kappa shape index (κ2) is 11.1. The summed E-state index contributed by atoms with van der Waals surface area (Å²) in [6, 6.07) is 0. The highest BCUT2D eigenvalue weighted by atomic mass is 16.7. The van der Waals surface area contributed by atoms with Crippen LogP contribution in [0.5, 0.6) is 0 Å². The highest BCUT2D eigenvalue weighted by Gasteiger charge is 2.43. The van der Waals surface area contributed by atoms with Crippen molar-refractivity contribution >= 4 is 17.7 Å². The molecule has 0 bridgehead atoms. The van der Waals surface area contributed by atoms with Gasteiger partial charge in [0.05, 0.1) is 26.9 Å². The normalized spacial score (nSPS) is 17.9. The van der Waals surface area contributed by atoms with Crippen LogP contribution in [0.25, 0.3) is 0 Å². The number of carbonyl (C=O) groups is 3. The molecule has 1 heterocycles. The molecule has 0 spiro atoms. The fraction of sp³-hybridized carbons (Fsp3) is 0.824. The number of hydrogen-bond acceptors (Lipinski definition) is 7. The molecule has 0 aliphatic carbocycles. The van der Waals surface area contributed by atoms with E-state index < -0.39 is 17.7 Å². The summed E-state index contributed by atoms with van der Waals surface area (Å²) >= 11 is 0. The van der Waals surface area contributed by atoms with Crippen LogP contribution in [-0.2, 0) is 33.3 Å². The van der Waals surface area contributed by atoms with Crippen molar-refractivity contribution in [3.63, 3.8) is 0 Å². The smallest absolute Gasteiger partial charge is 0.316 e. The third kappa shape index (κ3) is 6.57. The zero-order valence-corrected chi connectivity index (χ0v) is 15.5. The lowest BCUT2D eigenvalue weighted by molar-refractivity contribution is -0.200. The van der Waals surface area contributed by atoms with Crippen LogP contribution in [-0.4, -0.2) is 50.4 Å². The maximum absolute atomic E-state index is 11.6. The van der Waals surface area contributed by atoms with E-state index in [1.807, 2.05) is 6.92 Å². The molecule has 7 heteroatoms. The Hall–Kier alpha value is -1.47. The summed E-state index contributed by atoms with van der Waals surface area (Å²) in [5.74, 6) is -2.49. The average Bonchev–Trinajstić information content (AvgIpc) is 2.96. The number of ether oxygens (including phenoxy) is 4. The zero-order valence-electron chi connectivity index (χ0n) is 15.5. The molecule has 0 radical (unpaired) electrons. The molecule has 140 valence electrons. The van der Waals surface area contributed by atoms with E-state index >= 15 is 0 Å². The molecular weight excluding hydrogens is 316 g/mol. The Morgan fingerprint density at radius 1 is 1.04 bits per heavy atom. The Morgan fingerprint density at radius 2 is 1.58 bits per heavy atom. The predicted octanol–water partition coefficient (Wildman–Crippen LogP) is 2.11. The minimum atomic E-state index is -0.791. The summed E-state index contributed by atoms with van der Waals surface area (Å²) in [6.45, 7) is 10.2. The molecule has 1 aliphatic rings. The van der Waals surface area contributed by atoms with Crippen LogP contribution in [0, 0.1) is 11.8 Å². The first-order valence-electron chi connectivity index (χ1n) is 8.30. The molecule has 0 aromatic heterocycles. The molecule has 0 aromatic carbocycles. The van der Waals surface area contributed by atoms with Gasteiger partial charge in [-0.3, -0.25) is 14.4 Å². The number of rotatable bonds is 7. The quantitative estimate of drug-likeness (QED) is 0.515. The summed E-state index contributed by atoms with van der Waals surface area (Å²) in [7, 11) is 1.29. The molecule has 24 heavy (non-hydrogen) atoms. The van der Waals surface area contributed by atoms with Crippen LogP contribution >= 0.6 is 0 Å². The van der Waals surface area contributed by atoms with E-state index in [0.29, 0.717) is 32.7 Å². The zero-order chi connectivity index (χ0) is 18.8. The summed E-state index contributed by atoms with van der Waals surface area (Å²) < 4.78 is 20.3. The molecule has 0 saturated carbocycles. The number of carbonyl (C=O) groups excluding carboxylic acids is 3. The van der Waals surface area contributed by atoms with E-state index in [2.05, 4.69) is 4.74 Å². The van der Waals surface area contributed by atoms with Crippen molar-refractivity contribution in [2.75, 3.05) is 26.9 Å². The third-order valence-corrected chi connectivity index (χ3v) is 3.86. The Balaban J connectivity index is 0.000000470. The van der Waals surface area contributed by atoms with Crippen LogP contribution in [0.2, 0.25) is 0 Å². The van der Waals surface area contributed by atoms with Gasteiger partial charge in [0.2, 0.25) is 0 Å². The molecular formula is C17H30O7. The van der Waals surface area contributed by atoms with Crippen molar-refractivity contribution in [1.29, 1.82) is 0 Å². The summed E-state index contributed by atoms with van der Waals surface area (Å²) in [6.07, 6.45) is 1.18. The first-order chi connectivity index (χ1) is 11.3. The Kier molecular flexibility index (Phi) is 10.5. The molecule has 1 aliphatic heterocycles. The van der Waals surface area contributed by atoms with E-state index in [1.165, 1.54) is 14.0 Å². The lowest BCUT2D eigenvalue weighted by Gasteiger charge is -2.29. The van der Waals surface area contributed by atoms with Gasteiger partial charge >= 0.3 is 11.9 Å². The number of ketones is 1. The highest BCUT2D eigenvalue weighted by molar-refractivity contribution is 5.97. The minimum Gasteiger partial charge on any atom is -0.468 e. The van der Waals surface area contributed by atoms with Crippen LogP contribution in [0.4, 0.5) is 0 Å². The van der Waals surface area contributed by atoms with Crippen molar-refractivity contribution in [2.45, 2.75) is 53.2 Å². The van der Waals surface area contributed by atoms with E-state index in [9.17, 15) is 14.4 Å². The molecule has 0 N–H and O–H groups in total. The van der Waals surface area contributed by atoms with Gasteiger partial charge in [0, 0.05) is 0 Å². The van der Waals surface area contributed by atoms with Crippen molar-refractivity contribution in [3.8, 4) is 0 Å². The minimum absolute atomic E-state index is 0.130. The summed E-state index contributed by atoms with van der Waals surface area (Å²) in [5.41, 5.74) is 0. The van der Waals surface area contributed by atoms with Gasteiger partial charge in [-0.15, -0.1) is 0 Å². The van der Waals surface area contributed by atoms with Crippen LogP contribution < -0.4 is 0 Å². The summed E-state index contributed by atoms with van der Waals surface area (Å²) in [5, 5.41) is 0. The summed E-state index contributed by atoms with van der Waals surface area (Å²) in [4.78, 5) is 33.0. The monoisotopic (exact) mass is 346 g/mol. The van der Waals surface area contributed by atoms with Crippen molar-refractivity contribution < 1.29 is 33.3 Å². The maximum atomic E-state index is 11.6. The largest absolute Gasteiger partial charge is 0.468 e. The Bertz CT molecular complexity index is 413. The fourth-order valence-electron chi connectivity index (χ4n) is 2.49. The van der Waals surface area contributed by atoms with Gasteiger partial charge in [-0.25, -0.2) is 0 Å². The topological polar surface area (TPSA) is 88.1 Å². The first-order valence-corrected chi connectivity index (χ1v) is 8.30. The molecule has 0 aromatic rings. The third-order valence-electron chi connectivity index (χ3n) is 3.86. The highest BCUT2D eigenvalue weighted by Crippen LogP contribution is 2.30. The second-order valence-electron chi connectivity index (χ2n) is 5.52. The molecule has 2 unspecified atom stereocenters. The number of hydrogen-bond donors (Lipinski definition) is 0. The van der Waals surface area contributed by atoms with Crippen molar-refractivity contribution in [3.05, 3.63) is 0 Å². The molecule has 2 atom stereocenters. The lowest BCUT2D eigenvalue weighted by atomic mass is 9.97. The maximum Gasteiger partial charge on any atom is 0.316 e. The Labute approximate surface area is 144 Å². The molecule has 1 rings (SSSR count). The average molecular weight is 346 g/mol. The van der Waals surface area contributed by atoms with Gasteiger partial charge in [-0.2, -0.15) is 0 Å². The number of methoxy groups -OCH3 is 1. The fourth-order valence-corrected chi connectivity index (χ4v) is 2.49. The molecule has 0 amide bonds. The van der Waals surface area contributed by atoms with E-state index in [1.54, 1.807) is 20.8 Å². The van der Waals surface area contributed by atoms with Gasteiger partial charge < -0.3 is 18.9 Å². The SMILES string of the molecule is CCC(C(C)=O)C(=O)OC.CCOC(=O)C(CC)C1(C)OCCO1. The van der Waals surface area contributed by atoms with Gasteiger partial charge in [0.25, 0.3) is 0 Å². The van der Waals surface area contributed by atoms with E-state index in [0.717, 1.165) is 0 Å². The van der Waals surface area contributed by atoms with Gasteiger partial charge in [0.1, 0.15) is 17.6 Å². The molecule has 1 saturated heterocycles. The number of esters is 2. The van der Waals surface area contributed by atoms with Gasteiger partial charge in [-0.1, -0.05) is 13.8 Å². The molecule has 7 nitrogen and oxygen atoms in total. The van der Waals surface area contributed by atoms with Gasteiger partial charge in [0.15, 0.2) is 5.79 Å². The number of Topliss-reactive ketones (excluding diaryl/α,β-unsaturated/α-hetero) is 1. The van der Waals surface area contributed by atoms with Crippen molar-refractivity contribution in [2.24, 2.45) is 11.8 Å². The standard InChI is InChI=1S/C10H18O4.C7H12O3/c1-4-8(9(11)12-5-2)10(3)13-6-7-14-10;1-4-6(5(2)8)7(9)10-3/h8H,4-7H2,1-3H3;6H,4H2,1-3H3. The first kappa shape index (κ1) is 22.5. The van der Waals surface area contributed by atoms with Crippen LogP contribution in [0.3, 0.4) is 0 Å². The van der Waals surface area contributed by atoms with E-state index in [4.69, 9.17) is 14.2 Å². The predicted molar refractivity (Wildman–Crippen MR) is 87.2 cm³/mol. The van der Waals surface area contributed by atoms with Crippen LogP contribution in [0.1, 0.15) is 47.5 Å². The van der Waals surface area contributed by atoms with Crippen molar-refractivity contribution in [1.82, 2.24) is 0 Å². The van der Waals surface area contributed by atoms with Crippen LogP contribution in [0.15, 0.2) is 0 Å². The van der Waals surface area contributed by atoms with Gasteiger partial charge in [-0.05, 0) is 33.6 Å². The second-order valence-corrected chi connectivity index (χ2v) is 5.52. The lowest BCUT2D eigenvalue weighted by Crippen LogP contribution is -2.41. The Morgan fingerprint density at radius 3 is 1.88 bits per heavy atom. The van der Waals surface area contributed by atoms with E-state index in [-0.39, 0.29) is 17.7 Å². The molecule has 1 fully saturated rings.